The first kappa shape index (κ1) is 19.0. The fourth-order valence-electron chi connectivity index (χ4n) is 3.04. The predicted octanol–water partition coefficient (Wildman–Crippen LogP) is 2.93. The molecule has 0 amide bonds. The summed E-state index contributed by atoms with van der Waals surface area (Å²) in [6.45, 7) is 5.24. The van der Waals surface area contributed by atoms with Gasteiger partial charge in [0, 0.05) is 38.9 Å². The molecular formula is C19H32N4S. The zero-order valence-corrected chi connectivity index (χ0v) is 16.2. The van der Waals surface area contributed by atoms with Gasteiger partial charge in [-0.2, -0.15) is 0 Å². The predicted molar refractivity (Wildman–Crippen MR) is 108 cm³/mol. The van der Waals surface area contributed by atoms with Crippen LogP contribution in [0.5, 0.6) is 0 Å². The standard InChI is InChI=1S/C19H32N4S/c1-21(2)13-7-12-20-19(24)22(3)16-17-8-10-18(11-9-17)23-14-5-4-6-15-23/h8-11H,4-7,12-16H2,1-3H3,(H,20,24). The number of thiocarbonyl (C=S) groups is 1. The zero-order chi connectivity index (χ0) is 17.4. The summed E-state index contributed by atoms with van der Waals surface area (Å²) in [6, 6.07) is 8.97. The number of piperidine rings is 1. The van der Waals surface area contributed by atoms with Crippen LogP contribution in [0, 0.1) is 0 Å². The molecule has 1 aliphatic heterocycles. The topological polar surface area (TPSA) is 21.8 Å². The van der Waals surface area contributed by atoms with Crippen LogP contribution in [-0.4, -0.2) is 62.2 Å². The van der Waals surface area contributed by atoms with Gasteiger partial charge in [0.05, 0.1) is 0 Å². The third-order valence-corrected chi connectivity index (χ3v) is 4.94. The zero-order valence-electron chi connectivity index (χ0n) is 15.4. The lowest BCUT2D eigenvalue weighted by Crippen LogP contribution is -2.37. The number of nitrogens with one attached hydrogen (secondary N) is 1. The quantitative estimate of drug-likeness (QED) is 0.602. The molecule has 2 rings (SSSR count). The lowest BCUT2D eigenvalue weighted by Gasteiger charge is -2.29. The SMILES string of the molecule is CN(C)CCCNC(=S)N(C)Cc1ccc(N2CCCCC2)cc1. The summed E-state index contributed by atoms with van der Waals surface area (Å²) < 4.78 is 0. The summed E-state index contributed by atoms with van der Waals surface area (Å²) in [7, 11) is 6.25. The molecule has 134 valence electrons. The van der Waals surface area contributed by atoms with Crippen LogP contribution in [0.1, 0.15) is 31.2 Å². The van der Waals surface area contributed by atoms with Crippen molar-refractivity contribution in [2.45, 2.75) is 32.2 Å². The molecule has 0 aliphatic carbocycles. The molecule has 1 fully saturated rings. The van der Waals surface area contributed by atoms with Gasteiger partial charge < -0.3 is 20.0 Å². The molecule has 0 bridgehead atoms. The lowest BCUT2D eigenvalue weighted by atomic mass is 10.1. The van der Waals surface area contributed by atoms with Crippen molar-refractivity contribution in [3.63, 3.8) is 0 Å². The van der Waals surface area contributed by atoms with Gasteiger partial charge in [-0.05, 0) is 76.2 Å². The van der Waals surface area contributed by atoms with Crippen LogP contribution in [0.4, 0.5) is 5.69 Å². The summed E-state index contributed by atoms with van der Waals surface area (Å²) in [5.74, 6) is 0. The van der Waals surface area contributed by atoms with Gasteiger partial charge in [-0.25, -0.2) is 0 Å². The van der Waals surface area contributed by atoms with Crippen molar-refractivity contribution in [1.82, 2.24) is 15.1 Å². The number of hydrogen-bond acceptors (Lipinski definition) is 3. The molecule has 1 N–H and O–H groups in total. The average Bonchev–Trinajstić information content (AvgIpc) is 2.59. The maximum absolute atomic E-state index is 5.48. The summed E-state index contributed by atoms with van der Waals surface area (Å²) in [5, 5.41) is 4.17. The third-order valence-electron chi connectivity index (χ3n) is 4.48. The number of benzene rings is 1. The molecule has 1 saturated heterocycles. The van der Waals surface area contributed by atoms with E-state index >= 15 is 0 Å². The van der Waals surface area contributed by atoms with Crippen LogP contribution in [0.15, 0.2) is 24.3 Å². The van der Waals surface area contributed by atoms with Crippen molar-refractivity contribution in [1.29, 1.82) is 0 Å². The summed E-state index contributed by atoms with van der Waals surface area (Å²) in [5.41, 5.74) is 2.65. The molecule has 4 nitrogen and oxygen atoms in total. The maximum Gasteiger partial charge on any atom is 0.168 e. The van der Waals surface area contributed by atoms with Crippen molar-refractivity contribution in [2.24, 2.45) is 0 Å². The molecule has 1 aliphatic rings. The maximum atomic E-state index is 5.48. The van der Waals surface area contributed by atoms with Crippen LogP contribution >= 0.6 is 12.2 Å². The van der Waals surface area contributed by atoms with E-state index in [1.54, 1.807) is 0 Å². The Balaban J connectivity index is 1.76. The minimum atomic E-state index is 0.828. The highest BCUT2D eigenvalue weighted by molar-refractivity contribution is 7.80. The van der Waals surface area contributed by atoms with E-state index in [9.17, 15) is 0 Å². The van der Waals surface area contributed by atoms with Gasteiger partial charge in [-0.3, -0.25) is 0 Å². The molecule has 5 heteroatoms. The van der Waals surface area contributed by atoms with Gasteiger partial charge in [0.1, 0.15) is 0 Å². The van der Waals surface area contributed by atoms with Crippen molar-refractivity contribution < 1.29 is 0 Å². The van der Waals surface area contributed by atoms with E-state index in [1.165, 1.54) is 43.6 Å². The van der Waals surface area contributed by atoms with E-state index in [-0.39, 0.29) is 0 Å². The molecule has 0 spiro atoms. The minimum Gasteiger partial charge on any atom is -0.372 e. The van der Waals surface area contributed by atoms with Crippen molar-refractivity contribution in [3.05, 3.63) is 29.8 Å². The van der Waals surface area contributed by atoms with Gasteiger partial charge in [0.25, 0.3) is 0 Å². The fraction of sp³-hybridized carbons (Fsp3) is 0.632. The Morgan fingerprint density at radius 2 is 1.75 bits per heavy atom. The number of rotatable bonds is 7. The summed E-state index contributed by atoms with van der Waals surface area (Å²) >= 11 is 5.48. The average molecular weight is 349 g/mol. The van der Waals surface area contributed by atoms with Crippen molar-refractivity contribution in [2.75, 3.05) is 52.2 Å². The highest BCUT2D eigenvalue weighted by atomic mass is 32.1. The normalized spacial score (nSPS) is 14.8. The first-order valence-electron chi connectivity index (χ1n) is 9.04. The van der Waals surface area contributed by atoms with Gasteiger partial charge in [0.15, 0.2) is 5.11 Å². The molecule has 24 heavy (non-hydrogen) atoms. The second-order valence-corrected chi connectivity index (χ2v) is 7.35. The van der Waals surface area contributed by atoms with E-state index in [0.717, 1.165) is 31.2 Å². The second-order valence-electron chi connectivity index (χ2n) is 6.96. The summed E-state index contributed by atoms with van der Waals surface area (Å²) in [6.07, 6.45) is 5.11. The Labute approximate surface area is 152 Å². The first-order valence-corrected chi connectivity index (χ1v) is 9.44. The molecule has 0 radical (unpaired) electrons. The van der Waals surface area contributed by atoms with Crippen LogP contribution in [0.3, 0.4) is 0 Å². The molecule has 0 unspecified atom stereocenters. The van der Waals surface area contributed by atoms with E-state index in [1.807, 2.05) is 0 Å². The molecule has 1 heterocycles. The molecule has 1 aromatic carbocycles. The van der Waals surface area contributed by atoms with Crippen LogP contribution in [0.25, 0.3) is 0 Å². The molecule has 0 saturated carbocycles. The first-order chi connectivity index (χ1) is 11.6. The van der Waals surface area contributed by atoms with Crippen LogP contribution in [0.2, 0.25) is 0 Å². The molecular weight excluding hydrogens is 316 g/mol. The number of nitrogens with zero attached hydrogens (tertiary/aromatic N) is 3. The second kappa shape index (κ2) is 9.84. The van der Waals surface area contributed by atoms with Gasteiger partial charge in [-0.1, -0.05) is 12.1 Å². The van der Waals surface area contributed by atoms with Gasteiger partial charge in [0.2, 0.25) is 0 Å². The monoisotopic (exact) mass is 348 g/mol. The fourth-order valence-corrected chi connectivity index (χ4v) is 3.20. The Morgan fingerprint density at radius 3 is 2.38 bits per heavy atom. The third kappa shape index (κ3) is 6.29. The Bertz CT molecular complexity index is 495. The van der Waals surface area contributed by atoms with E-state index < -0.39 is 0 Å². The van der Waals surface area contributed by atoms with Gasteiger partial charge in [-0.15, -0.1) is 0 Å². The van der Waals surface area contributed by atoms with E-state index in [2.05, 4.69) is 65.4 Å². The molecule has 1 aromatic rings. The van der Waals surface area contributed by atoms with Crippen LogP contribution < -0.4 is 10.2 Å². The molecule has 0 aromatic heterocycles. The van der Waals surface area contributed by atoms with Crippen molar-refractivity contribution >= 4 is 23.0 Å². The van der Waals surface area contributed by atoms with Gasteiger partial charge >= 0.3 is 0 Å². The Hall–Kier alpha value is -1.33. The highest BCUT2D eigenvalue weighted by Crippen LogP contribution is 2.20. The summed E-state index contributed by atoms with van der Waals surface area (Å²) in [4.78, 5) is 6.80. The Morgan fingerprint density at radius 1 is 1.08 bits per heavy atom. The highest BCUT2D eigenvalue weighted by Gasteiger charge is 2.11. The minimum absolute atomic E-state index is 0.828. The largest absolute Gasteiger partial charge is 0.372 e. The Kier molecular flexibility index (Phi) is 7.79. The molecule has 0 atom stereocenters. The van der Waals surface area contributed by atoms with Crippen molar-refractivity contribution in [3.8, 4) is 0 Å². The lowest BCUT2D eigenvalue weighted by molar-refractivity contribution is 0.397. The van der Waals surface area contributed by atoms with Crippen LogP contribution in [-0.2, 0) is 6.54 Å². The smallest absolute Gasteiger partial charge is 0.168 e. The van der Waals surface area contributed by atoms with E-state index in [0.29, 0.717) is 0 Å². The van der Waals surface area contributed by atoms with E-state index in [4.69, 9.17) is 12.2 Å². The number of anilines is 1. The number of hydrogen-bond donors (Lipinski definition) is 1.